The van der Waals surface area contributed by atoms with Crippen LogP contribution >= 0.6 is 0 Å². The molecule has 0 amide bonds. The lowest BCUT2D eigenvalue weighted by Gasteiger charge is -2.35. The Morgan fingerprint density at radius 2 is 1.43 bits per heavy atom. The second kappa shape index (κ2) is 10.0. The van der Waals surface area contributed by atoms with E-state index in [1.165, 1.54) is 24.3 Å². The van der Waals surface area contributed by atoms with Crippen LogP contribution in [0.25, 0.3) is 0 Å². The van der Waals surface area contributed by atoms with Gasteiger partial charge in [0.1, 0.15) is 35.5 Å². The Morgan fingerprint density at radius 1 is 0.929 bits per heavy atom. The van der Waals surface area contributed by atoms with Gasteiger partial charge in [0.25, 0.3) is 0 Å². The summed E-state index contributed by atoms with van der Waals surface area (Å²) in [5.74, 6) is -1.09. The molecule has 0 saturated carbocycles. The highest BCUT2D eigenvalue weighted by atomic mass is 19.1. The van der Waals surface area contributed by atoms with Gasteiger partial charge in [0.05, 0.1) is 21.2 Å². The third kappa shape index (κ3) is 6.03. The van der Waals surface area contributed by atoms with Crippen molar-refractivity contribution >= 4 is 0 Å². The van der Waals surface area contributed by atoms with Crippen molar-refractivity contribution in [2.24, 2.45) is 0 Å². The van der Waals surface area contributed by atoms with E-state index in [0.717, 1.165) is 24.3 Å². The molecule has 5 N–H and O–H groups in total. The molecule has 0 aliphatic rings. The number of hydrogen-bond donors (Lipinski definition) is 5. The predicted molar refractivity (Wildman–Crippen MR) is 96.2 cm³/mol. The first kappa shape index (κ1) is 19.4. The third-order valence-electron chi connectivity index (χ3n) is 4.13. The zero-order valence-corrected chi connectivity index (χ0v) is 14.8. The molecule has 2 unspecified atom stereocenters. The maximum absolute atomic E-state index is 13.1. The molecule has 0 spiro atoms. The van der Waals surface area contributed by atoms with E-state index in [0.29, 0.717) is 0 Å². The summed E-state index contributed by atoms with van der Waals surface area (Å²) in [6.45, 7) is -3.09. The maximum Gasteiger partial charge on any atom is 0.123 e. The summed E-state index contributed by atoms with van der Waals surface area (Å²) < 4.78 is 47.1. The number of rotatable bonds is 10. The topological polar surface area (TPSA) is 110 Å². The zero-order chi connectivity index (χ0) is 22.5. The van der Waals surface area contributed by atoms with Crippen LogP contribution in [0.5, 0.6) is 0 Å². The van der Waals surface area contributed by atoms with Crippen LogP contribution in [0.2, 0.25) is 0 Å². The van der Waals surface area contributed by atoms with E-state index in [9.17, 15) is 34.3 Å². The number of hydrogen-bond acceptors (Lipinski definition) is 6. The molecule has 0 radical (unpaired) electrons. The molecular weight excluding hydrogens is 374 g/mol. The van der Waals surface area contributed by atoms with Gasteiger partial charge >= 0.3 is 0 Å². The molecule has 8 heteroatoms. The first-order chi connectivity index (χ1) is 14.1. The van der Waals surface area contributed by atoms with Crippen molar-refractivity contribution < 1.29 is 41.8 Å². The summed E-state index contributed by atoms with van der Waals surface area (Å²) in [4.78, 5) is 0. The molecule has 2 aromatic carbocycles. The molecule has 6 atom stereocenters. The Morgan fingerprint density at radius 3 is 1.93 bits per heavy atom. The van der Waals surface area contributed by atoms with Gasteiger partial charge in [-0.25, -0.2) is 8.78 Å². The van der Waals surface area contributed by atoms with Crippen LogP contribution in [-0.4, -0.2) is 62.7 Å². The summed E-state index contributed by atoms with van der Waals surface area (Å²) >= 11 is 0. The molecule has 0 aromatic heterocycles. The molecule has 0 bridgehead atoms. The zero-order valence-electron chi connectivity index (χ0n) is 16.8. The van der Waals surface area contributed by atoms with Gasteiger partial charge in [0, 0.05) is 7.77 Å². The fourth-order valence-electron chi connectivity index (χ4n) is 2.46. The predicted octanol–water partition coefficient (Wildman–Crippen LogP) is 0.530. The quantitative estimate of drug-likeness (QED) is 0.398. The second-order valence-electron chi connectivity index (χ2n) is 6.35. The molecule has 0 saturated heterocycles. The Labute approximate surface area is 164 Å². The van der Waals surface area contributed by atoms with Crippen molar-refractivity contribution in [2.75, 3.05) is 13.2 Å². The average molecular weight is 400 g/mol. The standard InChI is InChI=1S/C20H24F2O6/c21-15-5-1-13(2-6-15)9-20(27,12-23)19(26)18(25)17(24)11-28-10-14-3-7-16(22)8-4-14/h1-8,17-19,23-27H,9-12H2/t17-,18-,19+,20-/m1/s1/i9D,10D/t9?,10?,17-,18-,19+,20-. The van der Waals surface area contributed by atoms with Gasteiger partial charge in [-0.1, -0.05) is 24.3 Å². The molecule has 2 aromatic rings. The van der Waals surface area contributed by atoms with Crippen LogP contribution in [0, 0.1) is 11.6 Å². The van der Waals surface area contributed by atoms with Crippen molar-refractivity contribution in [1.29, 1.82) is 0 Å². The van der Waals surface area contributed by atoms with Crippen LogP contribution in [-0.2, 0) is 17.7 Å². The van der Waals surface area contributed by atoms with E-state index in [-0.39, 0.29) is 11.1 Å². The summed E-state index contributed by atoms with van der Waals surface area (Å²) in [7, 11) is 0. The summed E-state index contributed by atoms with van der Waals surface area (Å²) in [6.07, 6.45) is -7.68. The third-order valence-corrected chi connectivity index (χ3v) is 4.13. The Bertz CT molecular complexity index is 795. The first-order valence-electron chi connectivity index (χ1n) is 9.60. The lowest BCUT2D eigenvalue weighted by atomic mass is 9.85. The average Bonchev–Trinajstić information content (AvgIpc) is 2.76. The normalized spacial score (nSPS) is 20.2. The highest BCUT2D eigenvalue weighted by Crippen LogP contribution is 2.22. The highest BCUT2D eigenvalue weighted by Gasteiger charge is 2.42. The largest absolute Gasteiger partial charge is 0.393 e. The van der Waals surface area contributed by atoms with Crippen LogP contribution in [0.1, 0.15) is 13.9 Å². The fraction of sp³-hybridized carbons (Fsp3) is 0.400. The van der Waals surface area contributed by atoms with Crippen molar-refractivity contribution in [3.63, 3.8) is 0 Å². The minimum atomic E-state index is -2.59. The molecule has 6 nitrogen and oxygen atoms in total. The number of benzene rings is 2. The molecule has 0 aliphatic carbocycles. The lowest BCUT2D eigenvalue weighted by molar-refractivity contribution is -0.174. The number of ether oxygens (including phenoxy) is 1. The van der Waals surface area contributed by atoms with E-state index in [2.05, 4.69) is 0 Å². The fourth-order valence-corrected chi connectivity index (χ4v) is 2.46. The minimum Gasteiger partial charge on any atom is -0.393 e. The maximum atomic E-state index is 13.1. The smallest absolute Gasteiger partial charge is 0.123 e. The van der Waals surface area contributed by atoms with E-state index in [1.807, 2.05) is 0 Å². The van der Waals surface area contributed by atoms with Gasteiger partial charge in [-0.05, 0) is 35.4 Å². The summed E-state index contributed by atoms with van der Waals surface area (Å²) in [5, 5.41) is 50.8. The molecular formula is C20H24F2O6. The molecule has 0 fully saturated rings. The summed E-state index contributed by atoms with van der Waals surface area (Å²) in [6, 6.07) is 9.29. The van der Waals surface area contributed by atoms with Crippen LogP contribution in [0.15, 0.2) is 48.5 Å². The van der Waals surface area contributed by atoms with Crippen molar-refractivity contribution in [1.82, 2.24) is 0 Å². The molecule has 0 aliphatic heterocycles. The van der Waals surface area contributed by atoms with Crippen LogP contribution in [0.3, 0.4) is 0 Å². The van der Waals surface area contributed by atoms with Gasteiger partial charge in [-0.15, -0.1) is 0 Å². The van der Waals surface area contributed by atoms with Gasteiger partial charge in [-0.3, -0.25) is 0 Å². The Balaban J connectivity index is 2.04. The summed E-state index contributed by atoms with van der Waals surface area (Å²) in [5.41, 5.74) is -2.24. The van der Waals surface area contributed by atoms with E-state index in [4.69, 9.17) is 7.48 Å². The second-order valence-corrected chi connectivity index (χ2v) is 6.35. The number of aliphatic hydroxyl groups is 5. The van der Waals surface area contributed by atoms with E-state index < -0.39 is 61.7 Å². The van der Waals surface area contributed by atoms with Crippen molar-refractivity contribution in [2.45, 2.75) is 36.9 Å². The SMILES string of the molecule is [2H]C(OC[C@@H](O)[C@@H](O)[C@H](O)[C@](O)(CO)C([2H])c1ccc(F)cc1)c1ccc(F)cc1. The lowest BCUT2D eigenvalue weighted by Crippen LogP contribution is -2.57. The molecule has 154 valence electrons. The molecule has 0 heterocycles. The van der Waals surface area contributed by atoms with E-state index >= 15 is 0 Å². The van der Waals surface area contributed by atoms with Crippen molar-refractivity contribution in [3.8, 4) is 0 Å². The van der Waals surface area contributed by atoms with Crippen LogP contribution < -0.4 is 0 Å². The van der Waals surface area contributed by atoms with Gasteiger partial charge in [-0.2, -0.15) is 0 Å². The number of aliphatic hydroxyl groups excluding tert-OH is 4. The van der Waals surface area contributed by atoms with Crippen molar-refractivity contribution in [3.05, 3.63) is 71.3 Å². The highest BCUT2D eigenvalue weighted by molar-refractivity contribution is 5.19. The monoisotopic (exact) mass is 400 g/mol. The Kier molecular flexibility index (Phi) is 6.93. The molecule has 28 heavy (non-hydrogen) atoms. The molecule has 2 rings (SSSR count). The number of halogens is 2. The van der Waals surface area contributed by atoms with Gasteiger partial charge < -0.3 is 30.3 Å². The Hall–Kier alpha value is -1.94. The van der Waals surface area contributed by atoms with Crippen LogP contribution in [0.4, 0.5) is 8.78 Å². The van der Waals surface area contributed by atoms with Gasteiger partial charge in [0.2, 0.25) is 0 Å². The minimum absolute atomic E-state index is 0.0625. The first-order valence-corrected chi connectivity index (χ1v) is 8.44. The van der Waals surface area contributed by atoms with Gasteiger partial charge in [0.15, 0.2) is 0 Å². The van der Waals surface area contributed by atoms with E-state index in [1.54, 1.807) is 0 Å².